The highest BCUT2D eigenvalue weighted by atomic mass is 35.5. The van der Waals surface area contributed by atoms with Crippen LogP contribution in [0.1, 0.15) is 31.1 Å². The highest BCUT2D eigenvalue weighted by Crippen LogP contribution is 2.28. The van der Waals surface area contributed by atoms with E-state index in [1.54, 1.807) is 6.07 Å². The first-order valence-corrected chi connectivity index (χ1v) is 6.80. The van der Waals surface area contributed by atoms with Gasteiger partial charge in [-0.2, -0.15) is 0 Å². The van der Waals surface area contributed by atoms with E-state index in [0.717, 1.165) is 23.4 Å². The summed E-state index contributed by atoms with van der Waals surface area (Å²) in [7, 11) is 4.03. The molecule has 0 aliphatic carbocycles. The van der Waals surface area contributed by atoms with E-state index in [-0.39, 0.29) is 17.2 Å². The summed E-state index contributed by atoms with van der Waals surface area (Å²) in [5.74, 6) is 0.538. The Morgan fingerprint density at radius 3 is 2.63 bits per heavy atom. The minimum atomic E-state index is -0.250. The number of nitrogens with zero attached hydrogens (tertiary/aromatic N) is 3. The number of imidazole rings is 1. The zero-order valence-corrected chi connectivity index (χ0v) is 12.4. The van der Waals surface area contributed by atoms with Gasteiger partial charge in [-0.05, 0) is 46.1 Å². The molecule has 2 atom stereocenters. The van der Waals surface area contributed by atoms with Crippen LogP contribution >= 0.6 is 11.6 Å². The van der Waals surface area contributed by atoms with Gasteiger partial charge in [0, 0.05) is 12.6 Å². The van der Waals surface area contributed by atoms with E-state index in [4.69, 9.17) is 11.6 Å². The second-order valence-corrected chi connectivity index (χ2v) is 5.85. The Labute approximate surface area is 118 Å². The molecule has 0 saturated carbocycles. The molecule has 0 N–H and O–H groups in total. The molecule has 0 fully saturated rings. The summed E-state index contributed by atoms with van der Waals surface area (Å²) in [4.78, 5) is 6.62. The Balaban J connectivity index is 2.59. The lowest BCUT2D eigenvalue weighted by Crippen LogP contribution is -2.23. The molecule has 5 heteroatoms. The molecule has 2 unspecified atom stereocenters. The lowest BCUT2D eigenvalue weighted by Gasteiger charge is -2.22. The number of alkyl halides is 1. The van der Waals surface area contributed by atoms with Gasteiger partial charge in [-0.1, -0.05) is 0 Å². The fourth-order valence-electron chi connectivity index (χ4n) is 2.44. The number of halogens is 2. The monoisotopic (exact) mass is 283 g/mol. The number of aromatic nitrogens is 2. The summed E-state index contributed by atoms with van der Waals surface area (Å²) >= 11 is 6.21. The van der Waals surface area contributed by atoms with Crippen LogP contribution in [0.25, 0.3) is 11.0 Å². The molecule has 19 heavy (non-hydrogen) atoms. The fraction of sp³-hybridized carbons (Fsp3) is 0.500. The lowest BCUT2D eigenvalue weighted by molar-refractivity contribution is 0.336. The predicted octanol–water partition coefficient (Wildman–Crippen LogP) is 3.60. The quantitative estimate of drug-likeness (QED) is 0.800. The van der Waals surface area contributed by atoms with Crippen molar-refractivity contribution in [2.45, 2.75) is 25.3 Å². The van der Waals surface area contributed by atoms with Gasteiger partial charge in [-0.15, -0.1) is 11.6 Å². The van der Waals surface area contributed by atoms with Crippen LogP contribution in [0.2, 0.25) is 0 Å². The van der Waals surface area contributed by atoms with Crippen LogP contribution in [0, 0.1) is 5.82 Å². The number of hydrogen-bond donors (Lipinski definition) is 0. The Hall–Kier alpha value is -1.13. The third kappa shape index (κ3) is 2.90. The van der Waals surface area contributed by atoms with E-state index in [1.807, 2.05) is 25.6 Å². The average Bonchev–Trinajstić information content (AvgIpc) is 2.66. The Bertz CT molecular complexity index is 577. The van der Waals surface area contributed by atoms with Crippen LogP contribution in [-0.4, -0.2) is 35.1 Å². The molecular formula is C14H19ClFN3. The van der Waals surface area contributed by atoms with Crippen molar-refractivity contribution < 1.29 is 4.39 Å². The highest BCUT2D eigenvalue weighted by Gasteiger charge is 2.19. The molecule has 1 aromatic heterocycles. The predicted molar refractivity (Wildman–Crippen MR) is 77.2 cm³/mol. The van der Waals surface area contributed by atoms with E-state index in [9.17, 15) is 4.39 Å². The minimum Gasteiger partial charge on any atom is -0.323 e. The molecule has 0 aliphatic rings. The van der Waals surface area contributed by atoms with Crippen molar-refractivity contribution >= 4 is 22.6 Å². The molecule has 3 nitrogen and oxygen atoms in total. The van der Waals surface area contributed by atoms with E-state index in [0.29, 0.717) is 0 Å². The van der Waals surface area contributed by atoms with E-state index >= 15 is 0 Å². The highest BCUT2D eigenvalue weighted by molar-refractivity contribution is 6.20. The fourth-order valence-corrected chi connectivity index (χ4v) is 2.59. The summed E-state index contributed by atoms with van der Waals surface area (Å²) < 4.78 is 15.5. The van der Waals surface area contributed by atoms with Crippen LogP contribution in [0.15, 0.2) is 18.2 Å². The van der Waals surface area contributed by atoms with E-state index in [1.165, 1.54) is 12.1 Å². The van der Waals surface area contributed by atoms with Gasteiger partial charge in [-0.25, -0.2) is 9.37 Å². The van der Waals surface area contributed by atoms with E-state index in [2.05, 4.69) is 16.8 Å². The molecule has 0 amide bonds. The number of hydrogen-bond acceptors (Lipinski definition) is 2. The second-order valence-electron chi connectivity index (χ2n) is 5.20. The van der Waals surface area contributed by atoms with Crippen LogP contribution in [-0.2, 0) is 0 Å². The zero-order chi connectivity index (χ0) is 14.2. The third-order valence-electron chi connectivity index (χ3n) is 3.10. The van der Waals surface area contributed by atoms with Gasteiger partial charge in [0.15, 0.2) is 0 Å². The van der Waals surface area contributed by atoms with Crippen LogP contribution in [0.4, 0.5) is 4.39 Å². The van der Waals surface area contributed by atoms with Crippen LogP contribution < -0.4 is 0 Å². The maximum Gasteiger partial charge on any atom is 0.128 e. The number of rotatable bonds is 4. The summed E-state index contributed by atoms with van der Waals surface area (Å²) in [5.41, 5.74) is 1.59. The minimum absolute atomic E-state index is 0.179. The molecule has 104 valence electrons. The third-order valence-corrected chi connectivity index (χ3v) is 3.30. The molecule has 0 radical (unpaired) electrons. The first-order valence-electron chi connectivity index (χ1n) is 6.36. The normalized spacial score (nSPS) is 15.1. The molecule has 0 bridgehead atoms. The van der Waals surface area contributed by atoms with Gasteiger partial charge in [0.05, 0.1) is 16.4 Å². The lowest BCUT2D eigenvalue weighted by atomic mass is 10.2. The summed E-state index contributed by atoms with van der Waals surface area (Å²) in [5, 5.41) is -0.208. The van der Waals surface area contributed by atoms with Gasteiger partial charge in [0.1, 0.15) is 11.6 Å². The first-order chi connectivity index (χ1) is 8.90. The van der Waals surface area contributed by atoms with Crippen molar-refractivity contribution in [2.24, 2.45) is 0 Å². The number of benzene rings is 1. The first kappa shape index (κ1) is 14.3. The standard InChI is InChI=1S/C14H19ClFN3/c1-9(8-18(3)4)19-13-7-11(16)5-6-12(13)17-14(19)10(2)15/h5-7,9-10H,8H2,1-4H3. The maximum atomic E-state index is 13.5. The second kappa shape index (κ2) is 5.47. The Morgan fingerprint density at radius 2 is 2.05 bits per heavy atom. The maximum absolute atomic E-state index is 13.5. The molecular weight excluding hydrogens is 265 g/mol. The molecule has 1 aromatic carbocycles. The number of fused-ring (bicyclic) bond motifs is 1. The van der Waals surface area contributed by atoms with Crippen molar-refractivity contribution in [1.29, 1.82) is 0 Å². The summed E-state index contributed by atoms with van der Waals surface area (Å²) in [6, 6.07) is 4.83. The molecule has 0 spiro atoms. The van der Waals surface area contributed by atoms with Crippen molar-refractivity contribution in [3.63, 3.8) is 0 Å². The van der Waals surface area contributed by atoms with Gasteiger partial charge >= 0.3 is 0 Å². The Morgan fingerprint density at radius 1 is 1.37 bits per heavy atom. The van der Waals surface area contributed by atoms with Crippen molar-refractivity contribution in [1.82, 2.24) is 14.5 Å². The zero-order valence-electron chi connectivity index (χ0n) is 11.7. The molecule has 0 aliphatic heterocycles. The van der Waals surface area contributed by atoms with Crippen LogP contribution in [0.5, 0.6) is 0 Å². The average molecular weight is 284 g/mol. The smallest absolute Gasteiger partial charge is 0.128 e. The van der Waals surface area contributed by atoms with Crippen molar-refractivity contribution in [3.8, 4) is 0 Å². The van der Waals surface area contributed by atoms with Gasteiger partial charge < -0.3 is 9.47 Å². The topological polar surface area (TPSA) is 21.1 Å². The molecule has 2 rings (SSSR count). The summed E-state index contributed by atoms with van der Waals surface area (Å²) in [6.07, 6.45) is 0. The van der Waals surface area contributed by atoms with Crippen molar-refractivity contribution in [3.05, 3.63) is 29.8 Å². The van der Waals surface area contributed by atoms with Gasteiger partial charge in [0.2, 0.25) is 0 Å². The van der Waals surface area contributed by atoms with Gasteiger partial charge in [0.25, 0.3) is 0 Å². The largest absolute Gasteiger partial charge is 0.323 e. The molecule has 1 heterocycles. The van der Waals surface area contributed by atoms with E-state index < -0.39 is 0 Å². The van der Waals surface area contributed by atoms with Crippen molar-refractivity contribution in [2.75, 3.05) is 20.6 Å². The number of likely N-dealkylation sites (N-methyl/N-ethyl adjacent to an activating group) is 1. The molecule has 2 aromatic rings. The molecule has 0 saturated heterocycles. The Kier molecular flexibility index (Phi) is 4.11. The van der Waals surface area contributed by atoms with Gasteiger partial charge in [-0.3, -0.25) is 0 Å². The van der Waals surface area contributed by atoms with Crippen LogP contribution in [0.3, 0.4) is 0 Å². The summed E-state index contributed by atoms with van der Waals surface area (Å²) in [6.45, 7) is 4.82. The SMILES string of the molecule is CC(Cl)c1nc2ccc(F)cc2n1C(C)CN(C)C.